The van der Waals surface area contributed by atoms with Gasteiger partial charge in [0.15, 0.2) is 0 Å². The smallest absolute Gasteiger partial charge is 0.136 e. The standard InChI is InChI=1S/C11H17NO/c1-4-13-11(12(2)3)10-8-6-5-7-9-10/h5-9,11H,4H2,1-3H3. The SMILES string of the molecule is CCOC(c1ccccc1)N(C)C. The van der Waals surface area contributed by atoms with Crippen molar-refractivity contribution < 1.29 is 4.74 Å². The van der Waals surface area contributed by atoms with Crippen LogP contribution in [-0.2, 0) is 4.74 Å². The minimum Gasteiger partial charge on any atom is -0.359 e. The molecule has 0 amide bonds. The summed E-state index contributed by atoms with van der Waals surface area (Å²) in [5.41, 5.74) is 1.20. The van der Waals surface area contributed by atoms with Gasteiger partial charge < -0.3 is 4.74 Å². The van der Waals surface area contributed by atoms with Crippen molar-refractivity contribution in [2.24, 2.45) is 0 Å². The molecule has 1 aromatic carbocycles. The van der Waals surface area contributed by atoms with Crippen molar-refractivity contribution in [3.05, 3.63) is 35.9 Å². The number of nitrogens with zero attached hydrogens (tertiary/aromatic N) is 1. The van der Waals surface area contributed by atoms with Crippen molar-refractivity contribution in [1.82, 2.24) is 4.90 Å². The summed E-state index contributed by atoms with van der Waals surface area (Å²) in [4.78, 5) is 2.07. The van der Waals surface area contributed by atoms with E-state index in [-0.39, 0.29) is 6.23 Å². The average molecular weight is 179 g/mol. The molecule has 2 nitrogen and oxygen atoms in total. The van der Waals surface area contributed by atoms with E-state index in [4.69, 9.17) is 4.74 Å². The van der Waals surface area contributed by atoms with E-state index in [0.717, 1.165) is 6.61 Å². The topological polar surface area (TPSA) is 12.5 Å². The van der Waals surface area contributed by atoms with Crippen LogP contribution in [0, 0.1) is 0 Å². The summed E-state index contributed by atoms with van der Waals surface area (Å²) >= 11 is 0. The van der Waals surface area contributed by atoms with E-state index in [0.29, 0.717) is 0 Å². The van der Waals surface area contributed by atoms with Crippen LogP contribution in [0.1, 0.15) is 18.7 Å². The lowest BCUT2D eigenvalue weighted by Crippen LogP contribution is -2.22. The highest BCUT2D eigenvalue weighted by atomic mass is 16.5. The number of rotatable bonds is 4. The van der Waals surface area contributed by atoms with Gasteiger partial charge in [-0.25, -0.2) is 0 Å². The highest BCUT2D eigenvalue weighted by Crippen LogP contribution is 2.18. The molecule has 1 atom stereocenters. The number of benzene rings is 1. The molecule has 1 unspecified atom stereocenters. The van der Waals surface area contributed by atoms with Crippen LogP contribution >= 0.6 is 0 Å². The van der Waals surface area contributed by atoms with E-state index in [1.54, 1.807) is 0 Å². The second kappa shape index (κ2) is 5.00. The van der Waals surface area contributed by atoms with Crippen LogP contribution < -0.4 is 0 Å². The summed E-state index contributed by atoms with van der Waals surface area (Å²) in [6, 6.07) is 10.2. The highest BCUT2D eigenvalue weighted by molar-refractivity contribution is 5.16. The predicted molar refractivity (Wildman–Crippen MR) is 54.5 cm³/mol. The zero-order chi connectivity index (χ0) is 9.68. The Bertz CT molecular complexity index is 233. The van der Waals surface area contributed by atoms with Crippen LogP contribution in [0.3, 0.4) is 0 Å². The van der Waals surface area contributed by atoms with Gasteiger partial charge in [-0.3, -0.25) is 4.90 Å². The van der Waals surface area contributed by atoms with E-state index in [1.807, 2.05) is 39.2 Å². The number of hydrogen-bond acceptors (Lipinski definition) is 2. The quantitative estimate of drug-likeness (QED) is 0.657. The van der Waals surface area contributed by atoms with Gasteiger partial charge in [0.25, 0.3) is 0 Å². The van der Waals surface area contributed by atoms with Gasteiger partial charge in [-0.2, -0.15) is 0 Å². The lowest BCUT2D eigenvalue weighted by Gasteiger charge is -2.24. The second-order valence-electron chi connectivity index (χ2n) is 3.18. The summed E-state index contributed by atoms with van der Waals surface area (Å²) in [5, 5.41) is 0. The molecule has 0 radical (unpaired) electrons. The van der Waals surface area contributed by atoms with E-state index in [1.165, 1.54) is 5.56 Å². The van der Waals surface area contributed by atoms with Gasteiger partial charge in [-0.05, 0) is 26.6 Å². The van der Waals surface area contributed by atoms with Crippen molar-refractivity contribution in [1.29, 1.82) is 0 Å². The van der Waals surface area contributed by atoms with Gasteiger partial charge in [-0.15, -0.1) is 0 Å². The molecule has 0 aromatic heterocycles. The van der Waals surface area contributed by atoms with Crippen molar-refractivity contribution in [2.75, 3.05) is 20.7 Å². The average Bonchev–Trinajstić information content (AvgIpc) is 2.15. The van der Waals surface area contributed by atoms with Crippen LogP contribution in [0.4, 0.5) is 0 Å². The highest BCUT2D eigenvalue weighted by Gasteiger charge is 2.12. The van der Waals surface area contributed by atoms with Crippen LogP contribution in [0.2, 0.25) is 0 Å². The zero-order valence-electron chi connectivity index (χ0n) is 8.53. The third kappa shape index (κ3) is 2.83. The Balaban J connectivity index is 2.76. The molecule has 72 valence electrons. The summed E-state index contributed by atoms with van der Waals surface area (Å²) < 4.78 is 5.62. The molecule has 1 aromatic rings. The van der Waals surface area contributed by atoms with E-state index < -0.39 is 0 Å². The Hall–Kier alpha value is -0.860. The Morgan fingerprint density at radius 2 is 1.85 bits per heavy atom. The van der Waals surface area contributed by atoms with Crippen molar-refractivity contribution >= 4 is 0 Å². The van der Waals surface area contributed by atoms with Crippen molar-refractivity contribution in [3.63, 3.8) is 0 Å². The molecule has 0 saturated heterocycles. The normalized spacial score (nSPS) is 13.2. The van der Waals surface area contributed by atoms with Gasteiger partial charge in [0.05, 0.1) is 0 Å². The molecular weight excluding hydrogens is 162 g/mol. The Morgan fingerprint density at radius 1 is 1.23 bits per heavy atom. The maximum Gasteiger partial charge on any atom is 0.136 e. The molecule has 0 spiro atoms. The minimum absolute atomic E-state index is 0.0752. The fraction of sp³-hybridized carbons (Fsp3) is 0.455. The molecule has 0 bridgehead atoms. The largest absolute Gasteiger partial charge is 0.359 e. The molecule has 1 rings (SSSR count). The maximum absolute atomic E-state index is 5.62. The van der Waals surface area contributed by atoms with Gasteiger partial charge in [0.2, 0.25) is 0 Å². The first-order valence-corrected chi connectivity index (χ1v) is 4.58. The Morgan fingerprint density at radius 3 is 2.31 bits per heavy atom. The molecule has 0 N–H and O–H groups in total. The summed E-state index contributed by atoms with van der Waals surface area (Å²) in [6.45, 7) is 2.75. The molecule has 0 fully saturated rings. The van der Waals surface area contributed by atoms with Crippen LogP contribution in [0.15, 0.2) is 30.3 Å². The van der Waals surface area contributed by atoms with Crippen LogP contribution in [0.5, 0.6) is 0 Å². The van der Waals surface area contributed by atoms with Crippen LogP contribution in [-0.4, -0.2) is 25.6 Å². The molecular formula is C11H17NO. The minimum atomic E-state index is 0.0752. The first-order chi connectivity index (χ1) is 6.25. The summed E-state index contributed by atoms with van der Waals surface area (Å²) in [5.74, 6) is 0. The maximum atomic E-state index is 5.62. The van der Waals surface area contributed by atoms with Gasteiger partial charge in [0, 0.05) is 6.61 Å². The van der Waals surface area contributed by atoms with E-state index in [2.05, 4.69) is 17.0 Å². The summed E-state index contributed by atoms with van der Waals surface area (Å²) in [7, 11) is 4.04. The molecule has 13 heavy (non-hydrogen) atoms. The number of ether oxygens (including phenoxy) is 1. The predicted octanol–water partition coefficient (Wildman–Crippen LogP) is 2.28. The van der Waals surface area contributed by atoms with Gasteiger partial charge in [-0.1, -0.05) is 30.3 Å². The van der Waals surface area contributed by atoms with Gasteiger partial charge >= 0.3 is 0 Å². The second-order valence-corrected chi connectivity index (χ2v) is 3.18. The number of hydrogen-bond donors (Lipinski definition) is 0. The van der Waals surface area contributed by atoms with E-state index >= 15 is 0 Å². The Kier molecular flexibility index (Phi) is 3.93. The third-order valence-electron chi connectivity index (χ3n) is 1.88. The fourth-order valence-electron chi connectivity index (χ4n) is 1.32. The molecule has 2 heteroatoms. The summed E-state index contributed by atoms with van der Waals surface area (Å²) in [6.07, 6.45) is 0.0752. The molecule has 0 heterocycles. The first kappa shape index (κ1) is 10.2. The Labute approximate surface area is 80.1 Å². The van der Waals surface area contributed by atoms with Crippen LogP contribution in [0.25, 0.3) is 0 Å². The zero-order valence-corrected chi connectivity index (χ0v) is 8.53. The first-order valence-electron chi connectivity index (χ1n) is 4.58. The third-order valence-corrected chi connectivity index (χ3v) is 1.88. The molecule has 0 aliphatic carbocycles. The molecule has 0 saturated carbocycles. The molecule has 0 aliphatic heterocycles. The van der Waals surface area contributed by atoms with Gasteiger partial charge in [0.1, 0.15) is 6.23 Å². The van der Waals surface area contributed by atoms with E-state index in [9.17, 15) is 0 Å². The monoisotopic (exact) mass is 179 g/mol. The van der Waals surface area contributed by atoms with Crippen molar-refractivity contribution in [2.45, 2.75) is 13.2 Å². The fourth-order valence-corrected chi connectivity index (χ4v) is 1.32. The lowest BCUT2D eigenvalue weighted by atomic mass is 10.2. The lowest BCUT2D eigenvalue weighted by molar-refractivity contribution is -0.0323. The van der Waals surface area contributed by atoms with Crippen molar-refractivity contribution in [3.8, 4) is 0 Å². The molecule has 0 aliphatic rings.